The SMILES string of the molecule is Nc1ccc(OC(=O)I)cc1. The van der Waals surface area contributed by atoms with E-state index in [1.807, 2.05) is 0 Å². The minimum Gasteiger partial charge on any atom is -0.419 e. The second-order valence-corrected chi connectivity index (χ2v) is 2.79. The molecule has 0 heterocycles. The van der Waals surface area contributed by atoms with Gasteiger partial charge in [0.25, 0.3) is 0 Å². The number of carbonyl (C=O) groups is 1. The van der Waals surface area contributed by atoms with E-state index in [0.717, 1.165) is 0 Å². The van der Waals surface area contributed by atoms with E-state index in [0.29, 0.717) is 11.4 Å². The topological polar surface area (TPSA) is 52.3 Å². The second kappa shape index (κ2) is 3.56. The number of ether oxygens (including phenoxy) is 1. The number of hydrogen-bond acceptors (Lipinski definition) is 3. The van der Waals surface area contributed by atoms with Crippen LogP contribution < -0.4 is 10.5 Å². The number of hydrogen-bond donors (Lipinski definition) is 1. The molecule has 0 aliphatic heterocycles. The zero-order valence-corrected chi connectivity index (χ0v) is 7.74. The van der Waals surface area contributed by atoms with E-state index in [1.54, 1.807) is 46.9 Å². The van der Waals surface area contributed by atoms with Crippen LogP contribution in [-0.2, 0) is 0 Å². The quantitative estimate of drug-likeness (QED) is 0.480. The van der Waals surface area contributed by atoms with Crippen molar-refractivity contribution in [2.24, 2.45) is 0 Å². The first-order chi connectivity index (χ1) is 5.18. The number of halogens is 1. The second-order valence-electron chi connectivity index (χ2n) is 1.91. The first-order valence-corrected chi connectivity index (χ1v) is 3.99. The molecule has 0 aliphatic rings. The summed E-state index contributed by atoms with van der Waals surface area (Å²) in [6.45, 7) is 0. The number of rotatable bonds is 1. The Hall–Kier alpha value is -0.780. The van der Waals surface area contributed by atoms with Crippen molar-refractivity contribution in [3.8, 4) is 5.75 Å². The van der Waals surface area contributed by atoms with Gasteiger partial charge in [0.1, 0.15) is 5.75 Å². The molecule has 0 saturated heterocycles. The maximum Gasteiger partial charge on any atom is 0.372 e. The molecule has 58 valence electrons. The Balaban J connectivity index is 2.74. The van der Waals surface area contributed by atoms with E-state index in [2.05, 4.69) is 0 Å². The van der Waals surface area contributed by atoms with Gasteiger partial charge in [0, 0.05) is 5.69 Å². The highest BCUT2D eigenvalue weighted by molar-refractivity contribution is 14.1. The predicted molar refractivity (Wildman–Crippen MR) is 50.9 cm³/mol. The summed E-state index contributed by atoms with van der Waals surface area (Å²) in [5.74, 6) is 0.513. The molecular formula is C7H6INO2. The third-order valence-corrected chi connectivity index (χ3v) is 1.30. The van der Waals surface area contributed by atoms with Crippen LogP contribution in [0.3, 0.4) is 0 Å². The van der Waals surface area contributed by atoms with Gasteiger partial charge in [-0.15, -0.1) is 0 Å². The standard InChI is InChI=1S/C7H6INO2/c8-7(10)11-6-3-1-5(9)2-4-6/h1-4H,9H2. The van der Waals surface area contributed by atoms with Gasteiger partial charge in [-0.3, -0.25) is 0 Å². The molecule has 4 heteroatoms. The van der Waals surface area contributed by atoms with Gasteiger partial charge in [-0.25, -0.2) is 4.79 Å². The summed E-state index contributed by atoms with van der Waals surface area (Å²) in [5, 5.41) is 0. The van der Waals surface area contributed by atoms with Crippen LogP contribution in [-0.4, -0.2) is 3.98 Å². The molecule has 0 aromatic heterocycles. The predicted octanol–water partition coefficient (Wildman–Crippen LogP) is 2.20. The molecule has 0 amide bonds. The van der Waals surface area contributed by atoms with Crippen molar-refractivity contribution in [1.82, 2.24) is 0 Å². The summed E-state index contributed by atoms with van der Waals surface area (Å²) >= 11 is 1.56. The Labute approximate surface area is 77.7 Å². The molecule has 3 nitrogen and oxygen atoms in total. The first kappa shape index (κ1) is 8.32. The van der Waals surface area contributed by atoms with E-state index in [-0.39, 0.29) is 3.98 Å². The van der Waals surface area contributed by atoms with Crippen LogP contribution in [0, 0.1) is 0 Å². The van der Waals surface area contributed by atoms with E-state index in [9.17, 15) is 4.79 Å². The van der Waals surface area contributed by atoms with Gasteiger partial charge in [0.15, 0.2) is 0 Å². The highest BCUT2D eigenvalue weighted by atomic mass is 127. The van der Waals surface area contributed by atoms with Crippen molar-refractivity contribution < 1.29 is 9.53 Å². The van der Waals surface area contributed by atoms with Gasteiger partial charge in [-0.1, -0.05) is 0 Å². The van der Waals surface area contributed by atoms with Crippen LogP contribution in [0.5, 0.6) is 5.75 Å². The molecule has 0 fully saturated rings. The normalized spacial score (nSPS) is 9.18. The number of carbonyl (C=O) groups excluding carboxylic acids is 1. The zero-order valence-electron chi connectivity index (χ0n) is 5.58. The minimum absolute atomic E-state index is 0.354. The number of nitrogens with two attached hydrogens (primary N) is 1. The third-order valence-electron chi connectivity index (χ3n) is 1.08. The highest BCUT2D eigenvalue weighted by Gasteiger charge is 1.96. The lowest BCUT2D eigenvalue weighted by molar-refractivity contribution is 0.230. The number of anilines is 1. The molecule has 1 aromatic rings. The fourth-order valence-corrected chi connectivity index (χ4v) is 0.883. The van der Waals surface area contributed by atoms with Crippen LogP contribution in [0.1, 0.15) is 0 Å². The molecule has 1 aromatic carbocycles. The Morgan fingerprint density at radius 2 is 1.91 bits per heavy atom. The molecule has 0 bridgehead atoms. The summed E-state index contributed by atoms with van der Waals surface area (Å²) in [4.78, 5) is 10.4. The molecule has 0 spiro atoms. The van der Waals surface area contributed by atoms with Crippen LogP contribution in [0.15, 0.2) is 24.3 Å². The lowest BCUT2D eigenvalue weighted by Gasteiger charge is -1.98. The molecule has 0 unspecified atom stereocenters. The molecule has 0 radical (unpaired) electrons. The van der Waals surface area contributed by atoms with Gasteiger partial charge < -0.3 is 10.5 Å². The maximum absolute atomic E-state index is 10.4. The van der Waals surface area contributed by atoms with Crippen LogP contribution in [0.2, 0.25) is 0 Å². The van der Waals surface area contributed by atoms with Gasteiger partial charge in [0.2, 0.25) is 0 Å². The summed E-state index contributed by atoms with van der Waals surface area (Å²) in [6.07, 6.45) is 0. The number of nitrogen functional groups attached to an aromatic ring is 1. The minimum atomic E-state index is -0.354. The van der Waals surface area contributed by atoms with Crippen molar-refractivity contribution in [2.45, 2.75) is 0 Å². The van der Waals surface area contributed by atoms with Crippen molar-refractivity contribution in [1.29, 1.82) is 0 Å². The van der Waals surface area contributed by atoms with Crippen molar-refractivity contribution in [3.05, 3.63) is 24.3 Å². The molecule has 2 N–H and O–H groups in total. The molecule has 1 rings (SSSR count). The zero-order chi connectivity index (χ0) is 8.27. The molecule has 0 atom stereocenters. The molecule has 0 saturated carbocycles. The average molecular weight is 263 g/mol. The van der Waals surface area contributed by atoms with Crippen molar-refractivity contribution in [3.63, 3.8) is 0 Å². The Kier molecular flexibility index (Phi) is 2.70. The van der Waals surface area contributed by atoms with Crippen LogP contribution >= 0.6 is 22.6 Å². The van der Waals surface area contributed by atoms with Crippen LogP contribution in [0.4, 0.5) is 10.5 Å². The van der Waals surface area contributed by atoms with Gasteiger partial charge in [-0.2, -0.15) is 0 Å². The van der Waals surface area contributed by atoms with E-state index in [4.69, 9.17) is 10.5 Å². The number of benzene rings is 1. The Morgan fingerprint density at radius 1 is 1.36 bits per heavy atom. The first-order valence-electron chi connectivity index (χ1n) is 2.91. The van der Waals surface area contributed by atoms with Gasteiger partial charge in [-0.05, 0) is 24.3 Å². The van der Waals surface area contributed by atoms with Crippen molar-refractivity contribution >= 4 is 32.3 Å². The third kappa shape index (κ3) is 2.75. The smallest absolute Gasteiger partial charge is 0.372 e. The lowest BCUT2D eigenvalue weighted by Crippen LogP contribution is -1.95. The van der Waals surface area contributed by atoms with Crippen LogP contribution in [0.25, 0.3) is 0 Å². The fourth-order valence-electron chi connectivity index (χ4n) is 0.629. The molecule has 0 aliphatic carbocycles. The highest BCUT2D eigenvalue weighted by Crippen LogP contribution is 2.14. The van der Waals surface area contributed by atoms with E-state index in [1.165, 1.54) is 0 Å². The van der Waals surface area contributed by atoms with E-state index < -0.39 is 0 Å². The Morgan fingerprint density at radius 3 is 2.36 bits per heavy atom. The monoisotopic (exact) mass is 263 g/mol. The fraction of sp³-hybridized carbons (Fsp3) is 0. The Bertz CT molecular complexity index is 258. The summed E-state index contributed by atoms with van der Waals surface area (Å²) in [7, 11) is 0. The van der Waals surface area contributed by atoms with E-state index >= 15 is 0 Å². The lowest BCUT2D eigenvalue weighted by atomic mass is 10.3. The molecular weight excluding hydrogens is 257 g/mol. The average Bonchev–Trinajstić information content (AvgIpc) is 1.93. The van der Waals surface area contributed by atoms with Gasteiger partial charge in [0.05, 0.1) is 22.6 Å². The largest absolute Gasteiger partial charge is 0.419 e. The summed E-state index contributed by atoms with van der Waals surface area (Å²) in [5.41, 5.74) is 6.07. The summed E-state index contributed by atoms with van der Waals surface area (Å²) in [6, 6.07) is 6.64. The molecule has 11 heavy (non-hydrogen) atoms. The van der Waals surface area contributed by atoms with Gasteiger partial charge >= 0.3 is 3.98 Å². The maximum atomic E-state index is 10.4. The van der Waals surface area contributed by atoms with Crippen molar-refractivity contribution in [2.75, 3.05) is 5.73 Å². The summed E-state index contributed by atoms with van der Waals surface area (Å²) < 4.78 is 4.41.